The summed E-state index contributed by atoms with van der Waals surface area (Å²) in [4.78, 5) is 16.7. The number of halogens is 1. The van der Waals surface area contributed by atoms with Crippen LogP contribution in [-0.4, -0.2) is 24.7 Å². The molecule has 0 aliphatic heterocycles. The molecule has 18 heavy (non-hydrogen) atoms. The maximum absolute atomic E-state index is 11.3. The summed E-state index contributed by atoms with van der Waals surface area (Å²) in [5.74, 6) is -0.399. The van der Waals surface area contributed by atoms with Gasteiger partial charge in [0.2, 0.25) is 0 Å². The zero-order valence-electron chi connectivity index (χ0n) is 11.1. The molecule has 0 aliphatic rings. The molecule has 4 heteroatoms. The van der Waals surface area contributed by atoms with E-state index in [0.717, 1.165) is 12.0 Å². The molecule has 100 valence electrons. The molecular weight excluding hydrogens is 250 g/mol. The third-order valence-corrected chi connectivity index (χ3v) is 2.81. The summed E-state index contributed by atoms with van der Waals surface area (Å²) in [6, 6.07) is 10.2. The Hall–Kier alpha value is -1.32. The van der Waals surface area contributed by atoms with E-state index in [9.17, 15) is 4.79 Å². The van der Waals surface area contributed by atoms with E-state index in [4.69, 9.17) is 4.84 Å². The van der Waals surface area contributed by atoms with Crippen LogP contribution >= 0.6 is 0 Å². The van der Waals surface area contributed by atoms with Gasteiger partial charge in [0.1, 0.15) is 14.1 Å². The molecule has 3 nitrogen and oxygen atoms in total. The summed E-state index contributed by atoms with van der Waals surface area (Å²) < 4.78 is 0.172. The highest BCUT2D eigenvalue weighted by Crippen LogP contribution is 2.28. The highest BCUT2D eigenvalue weighted by molar-refractivity contribution is 5.80. The number of hydroxylamine groups is 3. The minimum absolute atomic E-state index is 0. The summed E-state index contributed by atoms with van der Waals surface area (Å²) in [6.45, 7) is 5.50. The third-order valence-electron chi connectivity index (χ3n) is 2.81. The van der Waals surface area contributed by atoms with Gasteiger partial charge in [-0.1, -0.05) is 43.8 Å². The van der Waals surface area contributed by atoms with Crippen LogP contribution < -0.4 is 12.4 Å². The van der Waals surface area contributed by atoms with Crippen LogP contribution in [0.1, 0.15) is 24.9 Å². The number of rotatable bonds is 5. The Balaban J connectivity index is 0.00000289. The van der Waals surface area contributed by atoms with Crippen LogP contribution in [0.5, 0.6) is 0 Å². The number of hydrogen-bond acceptors (Lipinski definition) is 2. The van der Waals surface area contributed by atoms with Crippen molar-refractivity contribution in [1.29, 1.82) is 0 Å². The zero-order valence-corrected chi connectivity index (χ0v) is 11.9. The number of carbonyl (C=O) groups excluding carboxylic acids is 1. The molecule has 0 spiro atoms. The lowest BCUT2D eigenvalue weighted by Gasteiger charge is -2.33. The number of quaternary nitrogens is 1. The van der Waals surface area contributed by atoms with Gasteiger partial charge in [-0.2, -0.15) is 0 Å². The lowest BCUT2D eigenvalue weighted by molar-refractivity contribution is -1.08. The maximum Gasteiger partial charge on any atom is 0.389 e. The first-order valence-corrected chi connectivity index (χ1v) is 5.76. The van der Waals surface area contributed by atoms with Crippen molar-refractivity contribution in [2.45, 2.75) is 19.4 Å². The van der Waals surface area contributed by atoms with E-state index in [0.29, 0.717) is 0 Å². The first-order chi connectivity index (χ1) is 8.01. The molecule has 0 saturated heterocycles. The van der Waals surface area contributed by atoms with Crippen molar-refractivity contribution in [1.82, 2.24) is 0 Å². The molecule has 0 aromatic heterocycles. The fraction of sp³-hybridized carbons (Fsp3) is 0.357. The van der Waals surface area contributed by atoms with Gasteiger partial charge in [0, 0.05) is 18.1 Å². The summed E-state index contributed by atoms with van der Waals surface area (Å²) in [5, 5.41) is 0. The van der Waals surface area contributed by atoms with E-state index >= 15 is 0 Å². The fourth-order valence-electron chi connectivity index (χ4n) is 2.04. The highest BCUT2D eigenvalue weighted by atomic mass is 35.5. The summed E-state index contributed by atoms with van der Waals surface area (Å²) >= 11 is 0. The van der Waals surface area contributed by atoms with Crippen LogP contribution in [0.25, 0.3) is 0 Å². The van der Waals surface area contributed by atoms with Crippen molar-refractivity contribution in [2.24, 2.45) is 0 Å². The lowest BCUT2D eigenvalue weighted by atomic mass is 10.0. The fourth-order valence-corrected chi connectivity index (χ4v) is 2.04. The first kappa shape index (κ1) is 16.7. The van der Waals surface area contributed by atoms with Gasteiger partial charge in [-0.25, -0.2) is 4.79 Å². The molecule has 1 aromatic carbocycles. The quantitative estimate of drug-likeness (QED) is 0.423. The Morgan fingerprint density at radius 1 is 1.39 bits per heavy atom. The average molecular weight is 270 g/mol. The van der Waals surface area contributed by atoms with Crippen molar-refractivity contribution >= 4 is 5.97 Å². The van der Waals surface area contributed by atoms with Crippen LogP contribution in [0.4, 0.5) is 0 Å². The van der Waals surface area contributed by atoms with E-state index in [1.807, 2.05) is 32.3 Å². The topological polar surface area (TPSA) is 26.3 Å². The smallest absolute Gasteiger partial charge is 0.389 e. The molecule has 0 bridgehead atoms. The Kier molecular flexibility index (Phi) is 6.66. The highest BCUT2D eigenvalue weighted by Gasteiger charge is 2.32. The van der Waals surface area contributed by atoms with Crippen molar-refractivity contribution in [3.63, 3.8) is 0 Å². The van der Waals surface area contributed by atoms with Crippen LogP contribution in [0.3, 0.4) is 0 Å². The van der Waals surface area contributed by atoms with E-state index in [1.54, 1.807) is 0 Å². The SMILES string of the molecule is C=CC(=O)O[N+](C)(C)C(CC)c1ccccc1.[Cl-]. The largest absolute Gasteiger partial charge is 1.00 e. The van der Waals surface area contributed by atoms with Gasteiger partial charge in [-0.3, -0.25) is 4.84 Å². The van der Waals surface area contributed by atoms with Gasteiger partial charge in [-0.05, 0) is 0 Å². The molecule has 1 atom stereocenters. The number of nitrogens with zero attached hydrogens (tertiary/aromatic N) is 1. The second kappa shape index (κ2) is 7.19. The number of benzene rings is 1. The Bertz CT molecular complexity index is 390. The van der Waals surface area contributed by atoms with Gasteiger partial charge >= 0.3 is 5.97 Å². The summed E-state index contributed by atoms with van der Waals surface area (Å²) in [5.41, 5.74) is 1.16. The molecule has 1 aromatic rings. The second-order valence-electron chi connectivity index (χ2n) is 4.38. The van der Waals surface area contributed by atoms with E-state index < -0.39 is 5.97 Å². The van der Waals surface area contributed by atoms with Crippen molar-refractivity contribution < 1.29 is 26.7 Å². The van der Waals surface area contributed by atoms with Gasteiger partial charge in [-0.15, -0.1) is 4.65 Å². The van der Waals surface area contributed by atoms with Gasteiger partial charge in [0.15, 0.2) is 6.04 Å². The molecule has 0 heterocycles. The standard InChI is InChI=1S/C14H20NO2.ClH/c1-5-13(12-10-8-7-9-11-12)15(3,4)17-14(16)6-2;/h6-11,13H,2,5H2,1,3-4H3;1H/q+1;/p-1. The van der Waals surface area contributed by atoms with Gasteiger partial charge < -0.3 is 12.4 Å². The first-order valence-electron chi connectivity index (χ1n) is 5.76. The third kappa shape index (κ3) is 4.17. The van der Waals surface area contributed by atoms with E-state index in [1.165, 1.54) is 6.08 Å². The second-order valence-corrected chi connectivity index (χ2v) is 4.38. The zero-order chi connectivity index (χ0) is 12.9. The van der Waals surface area contributed by atoms with Crippen molar-refractivity contribution in [2.75, 3.05) is 14.1 Å². The Labute approximate surface area is 115 Å². The van der Waals surface area contributed by atoms with Crippen molar-refractivity contribution in [3.8, 4) is 0 Å². The van der Waals surface area contributed by atoms with Crippen LogP contribution in [0.2, 0.25) is 0 Å². The number of hydrogen-bond donors (Lipinski definition) is 0. The van der Waals surface area contributed by atoms with Crippen LogP contribution in [-0.2, 0) is 9.63 Å². The summed E-state index contributed by atoms with van der Waals surface area (Å²) in [6.07, 6.45) is 2.08. The molecular formula is C14H20ClNO2. The monoisotopic (exact) mass is 269 g/mol. The lowest BCUT2D eigenvalue weighted by Crippen LogP contribution is -3.00. The Morgan fingerprint density at radius 2 is 1.94 bits per heavy atom. The minimum Gasteiger partial charge on any atom is -1.00 e. The molecule has 0 fully saturated rings. The minimum atomic E-state index is -0.399. The summed E-state index contributed by atoms with van der Waals surface area (Å²) in [7, 11) is 3.76. The molecule has 1 unspecified atom stereocenters. The Morgan fingerprint density at radius 3 is 2.39 bits per heavy atom. The molecule has 0 aliphatic carbocycles. The maximum atomic E-state index is 11.3. The average Bonchev–Trinajstić information content (AvgIpc) is 2.30. The predicted molar refractivity (Wildman–Crippen MR) is 67.9 cm³/mol. The predicted octanol–water partition coefficient (Wildman–Crippen LogP) is -0.138. The van der Waals surface area contributed by atoms with E-state index in [2.05, 4.69) is 25.6 Å². The van der Waals surface area contributed by atoms with Crippen LogP contribution in [0, 0.1) is 0 Å². The number of carbonyl (C=O) groups is 1. The van der Waals surface area contributed by atoms with Crippen molar-refractivity contribution in [3.05, 3.63) is 48.6 Å². The molecule has 0 N–H and O–H groups in total. The molecule has 0 amide bonds. The van der Waals surface area contributed by atoms with Gasteiger partial charge in [0.05, 0.1) is 0 Å². The van der Waals surface area contributed by atoms with E-state index in [-0.39, 0.29) is 23.1 Å². The van der Waals surface area contributed by atoms with Crippen LogP contribution in [0.15, 0.2) is 43.0 Å². The molecule has 0 radical (unpaired) electrons. The van der Waals surface area contributed by atoms with Gasteiger partial charge in [0.25, 0.3) is 0 Å². The normalized spacial score (nSPS) is 12.2. The molecule has 1 rings (SSSR count). The molecule has 0 saturated carbocycles.